The van der Waals surface area contributed by atoms with Gasteiger partial charge in [-0.2, -0.15) is 0 Å². The van der Waals surface area contributed by atoms with E-state index in [1.807, 2.05) is 18.2 Å². The maximum atomic E-state index is 13.4. The number of carbonyl (C=O) groups is 3. The van der Waals surface area contributed by atoms with Gasteiger partial charge in [-0.05, 0) is 46.7 Å². The number of hydrogen-bond acceptors (Lipinski definition) is 6. The van der Waals surface area contributed by atoms with E-state index in [0.29, 0.717) is 27.2 Å². The molecule has 0 saturated carbocycles. The van der Waals surface area contributed by atoms with Crippen LogP contribution < -0.4 is 15.0 Å². The van der Waals surface area contributed by atoms with E-state index in [0.717, 1.165) is 11.5 Å². The highest BCUT2D eigenvalue weighted by molar-refractivity contribution is 6.39. The standard InChI is InChI=1S/C28H18FN3O6/c29-19-11-8-17(9-12-19)16-38-25-13-10-18-4-1-2-7-22(18)23(25)15-24-26(33)30-28(35)31(27(24)34)20-5-3-6-21(14-20)32(36)37/h1-15H,16H2,(H,30,33,35)/b24-15+. The lowest BCUT2D eigenvalue weighted by Crippen LogP contribution is -2.54. The molecule has 38 heavy (non-hydrogen) atoms. The third-order valence-corrected chi connectivity index (χ3v) is 5.93. The number of rotatable bonds is 6. The largest absolute Gasteiger partial charge is 0.488 e. The topological polar surface area (TPSA) is 119 Å². The number of nitrogens with zero attached hydrogens (tertiary/aromatic N) is 2. The van der Waals surface area contributed by atoms with Gasteiger partial charge in [0.2, 0.25) is 0 Å². The normalized spacial score (nSPS) is 14.6. The Morgan fingerprint density at radius 3 is 2.47 bits per heavy atom. The van der Waals surface area contributed by atoms with E-state index in [9.17, 15) is 28.9 Å². The van der Waals surface area contributed by atoms with E-state index < -0.39 is 22.8 Å². The SMILES string of the molecule is O=C1NC(=O)N(c2cccc([N+](=O)[O-])c2)C(=O)/C1=C/c1c(OCc2ccc(F)cc2)ccc2ccccc12. The first-order valence-electron chi connectivity index (χ1n) is 11.4. The van der Waals surface area contributed by atoms with Crippen LogP contribution in [0.15, 0.2) is 90.5 Å². The van der Waals surface area contributed by atoms with Crippen molar-refractivity contribution in [2.24, 2.45) is 0 Å². The number of hydrogen-bond donors (Lipinski definition) is 1. The molecule has 1 N–H and O–H groups in total. The summed E-state index contributed by atoms with van der Waals surface area (Å²) >= 11 is 0. The number of halogens is 1. The molecule has 1 aliphatic heterocycles. The van der Waals surface area contributed by atoms with Crippen molar-refractivity contribution in [2.45, 2.75) is 6.61 Å². The molecule has 0 radical (unpaired) electrons. The summed E-state index contributed by atoms with van der Waals surface area (Å²) in [6, 6.07) is 20.5. The van der Waals surface area contributed by atoms with Crippen LogP contribution in [0.1, 0.15) is 11.1 Å². The summed E-state index contributed by atoms with van der Waals surface area (Å²) in [7, 11) is 0. The third-order valence-electron chi connectivity index (χ3n) is 5.93. The van der Waals surface area contributed by atoms with Gasteiger partial charge in [0.25, 0.3) is 17.5 Å². The summed E-state index contributed by atoms with van der Waals surface area (Å²) in [5, 5.41) is 14.8. The zero-order valence-corrected chi connectivity index (χ0v) is 19.6. The average Bonchev–Trinajstić information content (AvgIpc) is 2.91. The summed E-state index contributed by atoms with van der Waals surface area (Å²) in [6.45, 7) is 0.0905. The Morgan fingerprint density at radius 1 is 0.947 bits per heavy atom. The Kier molecular flexibility index (Phi) is 6.36. The Balaban J connectivity index is 1.57. The van der Waals surface area contributed by atoms with Gasteiger partial charge in [0.05, 0.1) is 10.6 Å². The lowest BCUT2D eigenvalue weighted by molar-refractivity contribution is -0.384. The molecular formula is C28H18FN3O6. The number of anilines is 1. The molecule has 0 aliphatic carbocycles. The van der Waals surface area contributed by atoms with E-state index in [1.54, 1.807) is 30.3 Å². The molecule has 9 nitrogen and oxygen atoms in total. The van der Waals surface area contributed by atoms with Gasteiger partial charge in [-0.1, -0.05) is 48.5 Å². The van der Waals surface area contributed by atoms with Gasteiger partial charge in [0.1, 0.15) is 23.7 Å². The van der Waals surface area contributed by atoms with Gasteiger partial charge >= 0.3 is 6.03 Å². The van der Waals surface area contributed by atoms with Crippen LogP contribution in [0.4, 0.5) is 20.6 Å². The molecule has 4 aromatic rings. The fourth-order valence-electron chi connectivity index (χ4n) is 4.07. The molecule has 1 aliphatic rings. The monoisotopic (exact) mass is 511 g/mol. The van der Waals surface area contributed by atoms with E-state index in [4.69, 9.17) is 4.74 Å². The second-order valence-corrected chi connectivity index (χ2v) is 8.35. The Morgan fingerprint density at radius 2 is 1.71 bits per heavy atom. The van der Waals surface area contributed by atoms with Crippen LogP contribution in [-0.2, 0) is 16.2 Å². The van der Waals surface area contributed by atoms with Crippen molar-refractivity contribution >= 4 is 46.1 Å². The molecule has 10 heteroatoms. The van der Waals surface area contributed by atoms with Crippen LogP contribution in [-0.4, -0.2) is 22.8 Å². The van der Waals surface area contributed by atoms with Crippen LogP contribution in [0.5, 0.6) is 5.75 Å². The van der Waals surface area contributed by atoms with E-state index in [2.05, 4.69) is 5.32 Å². The fourth-order valence-corrected chi connectivity index (χ4v) is 4.07. The van der Waals surface area contributed by atoms with Crippen LogP contribution in [0, 0.1) is 15.9 Å². The highest BCUT2D eigenvalue weighted by atomic mass is 19.1. The molecule has 0 aromatic heterocycles. The van der Waals surface area contributed by atoms with Crippen LogP contribution >= 0.6 is 0 Å². The lowest BCUT2D eigenvalue weighted by Gasteiger charge is -2.26. The molecule has 1 heterocycles. The second-order valence-electron chi connectivity index (χ2n) is 8.35. The molecule has 1 saturated heterocycles. The van der Waals surface area contributed by atoms with E-state index >= 15 is 0 Å². The van der Waals surface area contributed by atoms with Gasteiger partial charge in [-0.3, -0.25) is 25.0 Å². The van der Waals surface area contributed by atoms with Crippen molar-refractivity contribution in [2.75, 3.05) is 4.90 Å². The number of benzene rings is 4. The minimum atomic E-state index is -1.02. The zero-order chi connectivity index (χ0) is 26.8. The van der Waals surface area contributed by atoms with E-state index in [1.165, 1.54) is 36.4 Å². The number of nitro groups is 1. The first-order valence-corrected chi connectivity index (χ1v) is 11.4. The highest BCUT2D eigenvalue weighted by Crippen LogP contribution is 2.33. The smallest absolute Gasteiger partial charge is 0.335 e. The maximum absolute atomic E-state index is 13.4. The predicted molar refractivity (Wildman–Crippen MR) is 137 cm³/mol. The van der Waals surface area contributed by atoms with Crippen molar-refractivity contribution in [3.63, 3.8) is 0 Å². The summed E-state index contributed by atoms with van der Waals surface area (Å²) < 4.78 is 19.3. The minimum absolute atomic E-state index is 0.0641. The zero-order valence-electron chi connectivity index (χ0n) is 19.6. The van der Waals surface area contributed by atoms with Crippen LogP contribution in [0.3, 0.4) is 0 Å². The van der Waals surface area contributed by atoms with Crippen molar-refractivity contribution in [3.8, 4) is 5.75 Å². The summed E-state index contributed by atoms with van der Waals surface area (Å²) in [5.74, 6) is -1.90. The van der Waals surface area contributed by atoms with Gasteiger partial charge in [-0.15, -0.1) is 0 Å². The Bertz CT molecular complexity index is 1650. The van der Waals surface area contributed by atoms with Crippen molar-refractivity contribution in [3.05, 3.63) is 118 Å². The number of urea groups is 1. The maximum Gasteiger partial charge on any atom is 0.335 e. The van der Waals surface area contributed by atoms with Crippen molar-refractivity contribution in [1.29, 1.82) is 0 Å². The van der Waals surface area contributed by atoms with Crippen LogP contribution in [0.25, 0.3) is 16.8 Å². The van der Waals surface area contributed by atoms with Crippen LogP contribution in [0.2, 0.25) is 0 Å². The predicted octanol–water partition coefficient (Wildman–Crippen LogP) is 5.13. The number of amides is 4. The van der Waals surface area contributed by atoms with Crippen molar-refractivity contribution < 1.29 is 28.4 Å². The highest BCUT2D eigenvalue weighted by Gasteiger charge is 2.37. The molecule has 0 spiro atoms. The molecule has 188 valence electrons. The molecule has 0 unspecified atom stereocenters. The minimum Gasteiger partial charge on any atom is -0.488 e. The number of imide groups is 2. The first kappa shape index (κ1) is 24.3. The number of barbiturate groups is 1. The van der Waals surface area contributed by atoms with Gasteiger partial charge in [-0.25, -0.2) is 14.1 Å². The average molecular weight is 511 g/mol. The molecule has 1 fully saturated rings. The molecule has 0 bridgehead atoms. The first-order chi connectivity index (χ1) is 18.3. The molecular weight excluding hydrogens is 493 g/mol. The Labute approximate surface area is 214 Å². The molecule has 5 rings (SSSR count). The van der Waals surface area contributed by atoms with Crippen molar-refractivity contribution in [1.82, 2.24) is 5.32 Å². The number of nitro benzene ring substituents is 1. The molecule has 0 atom stereocenters. The molecule has 4 amide bonds. The number of fused-ring (bicyclic) bond motifs is 1. The lowest BCUT2D eigenvalue weighted by atomic mass is 9.99. The van der Waals surface area contributed by atoms with Gasteiger partial charge < -0.3 is 4.74 Å². The fraction of sp³-hybridized carbons (Fsp3) is 0.0357. The van der Waals surface area contributed by atoms with E-state index in [-0.39, 0.29) is 29.4 Å². The molecule has 4 aromatic carbocycles. The second kappa shape index (κ2) is 9.94. The summed E-state index contributed by atoms with van der Waals surface area (Å²) in [5.41, 5.74) is 0.366. The van der Waals surface area contributed by atoms with Gasteiger partial charge in [0.15, 0.2) is 0 Å². The summed E-state index contributed by atoms with van der Waals surface area (Å²) in [6.07, 6.45) is 1.33. The van der Waals surface area contributed by atoms with Gasteiger partial charge in [0, 0.05) is 17.7 Å². The Hall–Kier alpha value is -5.38. The third kappa shape index (κ3) is 4.70. The summed E-state index contributed by atoms with van der Waals surface area (Å²) in [4.78, 5) is 50.0. The number of non-ortho nitro benzene ring substituents is 1. The quantitative estimate of drug-likeness (QED) is 0.166. The number of nitrogens with one attached hydrogen (secondary N) is 1. The number of ether oxygens (including phenoxy) is 1. The number of carbonyl (C=O) groups excluding carboxylic acids is 3.